The Bertz CT molecular complexity index is 1360. The molecule has 0 atom stereocenters. The summed E-state index contributed by atoms with van der Waals surface area (Å²) < 4.78 is 0. The number of hydrogen-bond donors (Lipinski definition) is 0. The molecule has 2 heterocycles. The minimum absolute atomic E-state index is 0.139. The van der Waals surface area contributed by atoms with Gasteiger partial charge in [0.05, 0.1) is 10.8 Å². The van der Waals surface area contributed by atoms with Gasteiger partial charge in [-0.15, -0.1) is 22.7 Å². The Morgan fingerprint density at radius 1 is 0.475 bits per heavy atom. The van der Waals surface area contributed by atoms with Gasteiger partial charge in [-0.3, -0.25) is 9.59 Å². The number of thiophene rings is 2. The van der Waals surface area contributed by atoms with Gasteiger partial charge in [0.15, 0.2) is 11.6 Å². The third kappa shape index (κ3) is 4.08. The van der Waals surface area contributed by atoms with Crippen molar-refractivity contribution >= 4 is 34.2 Å². The second-order valence-electron chi connectivity index (χ2n) is 16.0. The fraction of sp³-hybridized carbons (Fsp3) is 0.500. The number of rotatable bonds is 0. The zero-order valence-electron chi connectivity index (χ0n) is 26.3. The molecule has 0 N–H and O–H groups in total. The van der Waals surface area contributed by atoms with Gasteiger partial charge in [0, 0.05) is 32.0 Å². The van der Waals surface area contributed by atoms with Crippen LogP contribution in [0.4, 0.5) is 0 Å². The molecule has 40 heavy (non-hydrogen) atoms. The van der Waals surface area contributed by atoms with Crippen LogP contribution < -0.4 is 0 Å². The van der Waals surface area contributed by atoms with Gasteiger partial charge in [-0.05, 0) is 55.7 Å². The lowest BCUT2D eigenvalue weighted by Crippen LogP contribution is -2.52. The molecule has 5 rings (SSSR count). The lowest BCUT2D eigenvalue weighted by molar-refractivity contribution is -0.115. The Labute approximate surface area is 249 Å². The van der Waals surface area contributed by atoms with E-state index in [1.54, 1.807) is 22.7 Å². The molecule has 4 heteroatoms. The summed E-state index contributed by atoms with van der Waals surface area (Å²) >= 11 is 3.56. The molecular formula is C36H44O2S2. The summed E-state index contributed by atoms with van der Waals surface area (Å²) in [6, 6.07) is 4.53. The summed E-state index contributed by atoms with van der Waals surface area (Å²) in [5.74, 6) is 0.279. The Hall–Kier alpha value is -2.30. The molecule has 3 aliphatic carbocycles. The Balaban J connectivity index is 2.06. The minimum Gasteiger partial charge on any atom is -0.289 e. The number of hydrogen-bond acceptors (Lipinski definition) is 4. The molecule has 0 radical (unpaired) electrons. The first-order chi connectivity index (χ1) is 18.2. The number of carbonyl (C=O) groups excluding carboxylic acids is 2. The van der Waals surface area contributed by atoms with Gasteiger partial charge in [-0.2, -0.15) is 0 Å². The average molecular weight is 573 g/mol. The molecule has 2 nitrogen and oxygen atoms in total. The quantitative estimate of drug-likeness (QED) is 0.315. The normalized spacial score (nSPS) is 20.6. The lowest BCUT2D eigenvalue weighted by atomic mass is 9.47. The number of allylic oxidation sites excluding steroid dienone is 8. The lowest BCUT2D eigenvalue weighted by Gasteiger charge is -2.54. The Morgan fingerprint density at radius 3 is 0.950 bits per heavy atom. The summed E-state index contributed by atoms with van der Waals surface area (Å²) in [6.07, 6.45) is 9.17. The van der Waals surface area contributed by atoms with Gasteiger partial charge in [0.1, 0.15) is 0 Å². The van der Waals surface area contributed by atoms with E-state index >= 15 is 0 Å². The van der Waals surface area contributed by atoms with Gasteiger partial charge in [0.2, 0.25) is 0 Å². The molecular weight excluding hydrogens is 529 g/mol. The molecule has 0 amide bonds. The summed E-state index contributed by atoms with van der Waals surface area (Å²) in [4.78, 5) is 31.0. The van der Waals surface area contributed by atoms with Gasteiger partial charge in [-0.25, -0.2) is 0 Å². The van der Waals surface area contributed by atoms with Crippen molar-refractivity contribution in [3.05, 3.63) is 80.6 Å². The maximum Gasteiger partial charge on any atom is 0.185 e. The maximum absolute atomic E-state index is 14.2. The standard InChI is InChI=1S/C36H44O2S2/c1-31(2,3)23-17-35(18-24(27(23)37)32(4,5)6)21-13-15-39-29(21)30-22(14-16-40-30)36(35)19-25(33(7,8)9)28(38)26(20-36)34(10,11)12/h13-20H,1-12H3. The van der Waals surface area contributed by atoms with E-state index in [0.717, 1.165) is 22.3 Å². The molecule has 0 unspecified atom stereocenters. The van der Waals surface area contributed by atoms with E-state index < -0.39 is 10.8 Å². The van der Waals surface area contributed by atoms with Crippen LogP contribution in [0.1, 0.15) is 94.2 Å². The van der Waals surface area contributed by atoms with Crippen LogP contribution >= 0.6 is 22.7 Å². The molecule has 0 aliphatic heterocycles. The van der Waals surface area contributed by atoms with Gasteiger partial charge < -0.3 is 0 Å². The first kappa shape index (κ1) is 29.2. The molecule has 0 bridgehead atoms. The third-order valence-corrected chi connectivity index (χ3v) is 10.8. The van der Waals surface area contributed by atoms with Crippen LogP contribution in [0.25, 0.3) is 9.75 Å². The van der Waals surface area contributed by atoms with Crippen molar-refractivity contribution in [3.63, 3.8) is 0 Å². The molecule has 0 aromatic carbocycles. The van der Waals surface area contributed by atoms with Crippen LogP contribution in [0.15, 0.2) is 69.5 Å². The number of fused-ring (bicyclic) bond motifs is 6. The molecule has 3 aliphatic rings. The predicted octanol–water partition coefficient (Wildman–Crippen LogP) is 10.0. The van der Waals surface area contributed by atoms with Crippen LogP contribution in [0.3, 0.4) is 0 Å². The van der Waals surface area contributed by atoms with Crippen molar-refractivity contribution in [1.82, 2.24) is 0 Å². The van der Waals surface area contributed by atoms with E-state index in [-0.39, 0.29) is 33.2 Å². The van der Waals surface area contributed by atoms with Crippen molar-refractivity contribution in [2.45, 2.75) is 93.9 Å². The molecule has 0 fully saturated rings. The zero-order chi connectivity index (χ0) is 29.8. The predicted molar refractivity (Wildman–Crippen MR) is 171 cm³/mol. The second kappa shape index (κ2) is 8.61. The molecule has 2 aromatic heterocycles. The van der Waals surface area contributed by atoms with Crippen LogP contribution in [0.5, 0.6) is 0 Å². The summed E-state index contributed by atoms with van der Waals surface area (Å²) in [5.41, 5.74) is 3.14. The summed E-state index contributed by atoms with van der Waals surface area (Å²) in [6.45, 7) is 25.8. The van der Waals surface area contributed by atoms with Gasteiger partial charge in [0.25, 0.3) is 0 Å². The van der Waals surface area contributed by atoms with Crippen LogP contribution in [-0.4, -0.2) is 11.6 Å². The van der Waals surface area contributed by atoms with Crippen molar-refractivity contribution < 1.29 is 9.59 Å². The van der Waals surface area contributed by atoms with Crippen molar-refractivity contribution in [3.8, 4) is 9.75 Å². The molecule has 212 valence electrons. The Morgan fingerprint density at radius 2 is 0.725 bits per heavy atom. The SMILES string of the molecule is CC(C)(C)C1=CC2(C=C(C(C)(C)C)C1=O)c1ccsc1-c1sccc1C21C=C(C(C)(C)C)C(=O)C(C(C)(C)C)=C1. The minimum atomic E-state index is -0.663. The maximum atomic E-state index is 14.2. The zero-order valence-corrected chi connectivity index (χ0v) is 27.9. The van der Waals surface area contributed by atoms with E-state index in [0.29, 0.717) is 0 Å². The highest BCUT2D eigenvalue weighted by Crippen LogP contribution is 2.65. The smallest absolute Gasteiger partial charge is 0.185 e. The summed E-state index contributed by atoms with van der Waals surface area (Å²) in [7, 11) is 0. The largest absolute Gasteiger partial charge is 0.289 e. The molecule has 2 aromatic rings. The van der Waals surface area contributed by atoms with Crippen molar-refractivity contribution in [2.75, 3.05) is 0 Å². The Kier molecular flexibility index (Phi) is 6.29. The average Bonchev–Trinajstić information content (AvgIpc) is 3.46. The van der Waals surface area contributed by atoms with Crippen LogP contribution in [0.2, 0.25) is 0 Å². The van der Waals surface area contributed by atoms with Crippen LogP contribution in [-0.2, 0) is 20.4 Å². The van der Waals surface area contributed by atoms with E-state index in [4.69, 9.17) is 0 Å². The van der Waals surface area contributed by atoms with Crippen LogP contribution in [0, 0.1) is 21.7 Å². The molecule has 2 spiro atoms. The van der Waals surface area contributed by atoms with E-state index in [2.05, 4.69) is 130 Å². The third-order valence-electron chi connectivity index (χ3n) is 8.81. The number of carbonyl (C=O) groups is 2. The first-order valence-corrected chi connectivity index (χ1v) is 16.1. The number of ketones is 2. The summed E-state index contributed by atoms with van der Waals surface area (Å²) in [5, 5.41) is 4.38. The highest BCUT2D eigenvalue weighted by molar-refractivity contribution is 7.20. The topological polar surface area (TPSA) is 34.1 Å². The second-order valence-corrected chi connectivity index (χ2v) is 17.8. The number of Topliss-reactive ketones (excluding diaryl/α,β-unsaturated/α-hetero) is 2. The fourth-order valence-electron chi connectivity index (χ4n) is 6.63. The monoisotopic (exact) mass is 572 g/mol. The van der Waals surface area contributed by atoms with Gasteiger partial charge >= 0.3 is 0 Å². The fourth-order valence-corrected chi connectivity index (χ4v) is 8.76. The van der Waals surface area contributed by atoms with Crippen molar-refractivity contribution in [2.24, 2.45) is 21.7 Å². The highest BCUT2D eigenvalue weighted by atomic mass is 32.1. The molecule has 0 saturated carbocycles. The first-order valence-electron chi connectivity index (χ1n) is 14.3. The van der Waals surface area contributed by atoms with E-state index in [1.807, 2.05) is 0 Å². The molecule has 0 saturated heterocycles. The van der Waals surface area contributed by atoms with Crippen molar-refractivity contribution in [1.29, 1.82) is 0 Å². The van der Waals surface area contributed by atoms with Gasteiger partial charge in [-0.1, -0.05) is 107 Å². The van der Waals surface area contributed by atoms with E-state index in [9.17, 15) is 9.59 Å². The van der Waals surface area contributed by atoms with E-state index in [1.165, 1.54) is 20.9 Å². The highest BCUT2D eigenvalue weighted by Gasteiger charge is 2.59.